The standard InChI is InChI=1S/C23H42O4/c1-15-10-11-18(20(24)26-16(2)13-22(4,5)6)19(12-15)21(25)27-17(3)14-23(7,8)9/h15-19H,10-14H2,1-9H3. The summed E-state index contributed by atoms with van der Waals surface area (Å²) in [6.07, 6.45) is 3.68. The molecule has 1 rings (SSSR count). The van der Waals surface area contributed by atoms with E-state index < -0.39 is 0 Å². The predicted octanol–water partition coefficient (Wildman–Crippen LogP) is 5.77. The minimum Gasteiger partial charge on any atom is -0.462 e. The Morgan fingerprint density at radius 3 is 1.63 bits per heavy atom. The Bertz CT molecular complexity index is 497. The maximum Gasteiger partial charge on any atom is 0.310 e. The lowest BCUT2D eigenvalue weighted by Crippen LogP contribution is -2.39. The summed E-state index contributed by atoms with van der Waals surface area (Å²) in [6.45, 7) is 18.8. The molecule has 0 saturated heterocycles. The molecule has 5 atom stereocenters. The number of ether oxygens (including phenoxy) is 2. The van der Waals surface area contributed by atoms with Crippen molar-refractivity contribution in [2.45, 2.75) is 107 Å². The fourth-order valence-electron chi connectivity index (χ4n) is 4.30. The second-order valence-electron chi connectivity index (χ2n) is 11.2. The van der Waals surface area contributed by atoms with Gasteiger partial charge in [-0.25, -0.2) is 0 Å². The van der Waals surface area contributed by atoms with Gasteiger partial charge < -0.3 is 9.47 Å². The van der Waals surface area contributed by atoms with Crippen LogP contribution in [0.1, 0.15) is 94.4 Å². The van der Waals surface area contributed by atoms with E-state index in [9.17, 15) is 9.59 Å². The van der Waals surface area contributed by atoms with E-state index in [1.807, 2.05) is 13.8 Å². The molecule has 0 aromatic rings. The molecule has 0 bridgehead atoms. The van der Waals surface area contributed by atoms with E-state index in [4.69, 9.17) is 9.47 Å². The summed E-state index contributed by atoms with van der Waals surface area (Å²) < 4.78 is 11.5. The first-order chi connectivity index (χ1) is 12.2. The van der Waals surface area contributed by atoms with Crippen molar-refractivity contribution in [1.29, 1.82) is 0 Å². The maximum absolute atomic E-state index is 12.8. The van der Waals surface area contributed by atoms with E-state index in [0.29, 0.717) is 18.8 Å². The molecule has 0 radical (unpaired) electrons. The van der Waals surface area contributed by atoms with Crippen LogP contribution in [0, 0.1) is 28.6 Å². The Morgan fingerprint density at radius 1 is 0.815 bits per heavy atom. The molecule has 0 aliphatic heterocycles. The molecular formula is C23H42O4. The number of hydrogen-bond acceptors (Lipinski definition) is 4. The van der Waals surface area contributed by atoms with E-state index in [-0.39, 0.29) is 46.8 Å². The van der Waals surface area contributed by atoms with Crippen LogP contribution >= 0.6 is 0 Å². The summed E-state index contributed by atoms with van der Waals surface area (Å²) in [5, 5.41) is 0. The van der Waals surface area contributed by atoms with Crippen LogP contribution in [-0.4, -0.2) is 24.1 Å². The van der Waals surface area contributed by atoms with Crippen molar-refractivity contribution in [3.05, 3.63) is 0 Å². The molecule has 1 saturated carbocycles. The second kappa shape index (κ2) is 9.43. The van der Waals surface area contributed by atoms with Gasteiger partial charge in [-0.15, -0.1) is 0 Å². The Balaban J connectivity index is 2.76. The summed E-state index contributed by atoms with van der Waals surface area (Å²) in [5.74, 6) is -0.798. The maximum atomic E-state index is 12.8. The molecule has 0 N–H and O–H groups in total. The zero-order chi connectivity index (χ0) is 21.0. The molecule has 4 nitrogen and oxygen atoms in total. The van der Waals surface area contributed by atoms with Gasteiger partial charge in [0, 0.05) is 0 Å². The average Bonchev–Trinajstić information content (AvgIpc) is 2.42. The quantitative estimate of drug-likeness (QED) is 0.547. The van der Waals surface area contributed by atoms with E-state index in [0.717, 1.165) is 19.3 Å². The number of carbonyl (C=O) groups is 2. The van der Waals surface area contributed by atoms with Gasteiger partial charge in [0.2, 0.25) is 0 Å². The van der Waals surface area contributed by atoms with Crippen molar-refractivity contribution in [3.8, 4) is 0 Å². The fourth-order valence-corrected chi connectivity index (χ4v) is 4.30. The first-order valence-electron chi connectivity index (χ1n) is 10.6. The van der Waals surface area contributed by atoms with Gasteiger partial charge in [-0.2, -0.15) is 0 Å². The molecule has 1 aliphatic carbocycles. The summed E-state index contributed by atoms with van der Waals surface area (Å²) in [4.78, 5) is 25.6. The largest absolute Gasteiger partial charge is 0.462 e. The van der Waals surface area contributed by atoms with Gasteiger partial charge in [0.1, 0.15) is 0 Å². The lowest BCUT2D eigenvalue weighted by molar-refractivity contribution is -0.170. The van der Waals surface area contributed by atoms with Gasteiger partial charge in [-0.3, -0.25) is 9.59 Å². The molecule has 0 aromatic heterocycles. The minimum absolute atomic E-state index is 0.0975. The Morgan fingerprint density at radius 2 is 1.22 bits per heavy atom. The number of rotatable bonds is 6. The monoisotopic (exact) mass is 382 g/mol. The summed E-state index contributed by atoms with van der Waals surface area (Å²) in [7, 11) is 0. The molecule has 4 heteroatoms. The SMILES string of the molecule is CC1CCC(C(=O)OC(C)CC(C)(C)C)C(C(=O)OC(C)CC(C)(C)C)C1. The first-order valence-corrected chi connectivity index (χ1v) is 10.6. The van der Waals surface area contributed by atoms with Crippen LogP contribution in [0.15, 0.2) is 0 Å². The van der Waals surface area contributed by atoms with Gasteiger partial charge in [0.15, 0.2) is 0 Å². The molecule has 5 unspecified atom stereocenters. The number of hydrogen-bond donors (Lipinski definition) is 0. The third kappa shape index (κ3) is 9.12. The first kappa shape index (κ1) is 24.0. The zero-order valence-electron chi connectivity index (χ0n) is 19.1. The van der Waals surface area contributed by atoms with Crippen LogP contribution in [-0.2, 0) is 19.1 Å². The fraction of sp³-hybridized carbons (Fsp3) is 0.913. The van der Waals surface area contributed by atoms with E-state index in [2.05, 4.69) is 48.5 Å². The molecule has 0 heterocycles. The average molecular weight is 383 g/mol. The normalized spacial score (nSPS) is 26.2. The Hall–Kier alpha value is -1.06. The van der Waals surface area contributed by atoms with Crippen molar-refractivity contribution in [1.82, 2.24) is 0 Å². The third-order valence-corrected chi connectivity index (χ3v) is 5.15. The van der Waals surface area contributed by atoms with Crippen molar-refractivity contribution in [3.63, 3.8) is 0 Å². The van der Waals surface area contributed by atoms with Crippen LogP contribution in [0.2, 0.25) is 0 Å². The summed E-state index contributed by atoms with van der Waals surface area (Å²) in [6, 6.07) is 0. The van der Waals surface area contributed by atoms with Crippen LogP contribution < -0.4 is 0 Å². The van der Waals surface area contributed by atoms with Gasteiger partial charge in [0.25, 0.3) is 0 Å². The number of carbonyl (C=O) groups excluding carboxylic acids is 2. The topological polar surface area (TPSA) is 52.6 Å². The molecule has 0 spiro atoms. The molecule has 1 fully saturated rings. The van der Waals surface area contributed by atoms with Crippen molar-refractivity contribution < 1.29 is 19.1 Å². The molecule has 158 valence electrons. The van der Waals surface area contributed by atoms with Gasteiger partial charge >= 0.3 is 11.9 Å². The van der Waals surface area contributed by atoms with Crippen LogP contribution in [0.4, 0.5) is 0 Å². The van der Waals surface area contributed by atoms with Crippen molar-refractivity contribution in [2.24, 2.45) is 28.6 Å². The number of esters is 2. The van der Waals surface area contributed by atoms with Gasteiger partial charge in [-0.1, -0.05) is 48.5 Å². The highest BCUT2D eigenvalue weighted by Crippen LogP contribution is 2.37. The molecule has 0 amide bonds. The zero-order valence-corrected chi connectivity index (χ0v) is 19.1. The van der Waals surface area contributed by atoms with E-state index >= 15 is 0 Å². The summed E-state index contributed by atoms with van der Waals surface area (Å²) in [5.41, 5.74) is 0.196. The van der Waals surface area contributed by atoms with Crippen LogP contribution in [0.25, 0.3) is 0 Å². The van der Waals surface area contributed by atoms with Crippen LogP contribution in [0.3, 0.4) is 0 Å². The van der Waals surface area contributed by atoms with Crippen LogP contribution in [0.5, 0.6) is 0 Å². The van der Waals surface area contributed by atoms with E-state index in [1.54, 1.807) is 0 Å². The highest BCUT2D eigenvalue weighted by atomic mass is 16.6. The Labute approximate surface area is 166 Å². The highest BCUT2D eigenvalue weighted by molar-refractivity contribution is 5.82. The molecule has 0 aromatic carbocycles. The third-order valence-electron chi connectivity index (χ3n) is 5.15. The smallest absolute Gasteiger partial charge is 0.310 e. The highest BCUT2D eigenvalue weighted by Gasteiger charge is 2.41. The van der Waals surface area contributed by atoms with Gasteiger partial charge in [-0.05, 0) is 62.7 Å². The summed E-state index contributed by atoms with van der Waals surface area (Å²) >= 11 is 0. The molecule has 1 aliphatic rings. The van der Waals surface area contributed by atoms with Gasteiger partial charge in [0.05, 0.1) is 24.0 Å². The van der Waals surface area contributed by atoms with Crippen molar-refractivity contribution in [2.75, 3.05) is 0 Å². The molecule has 27 heavy (non-hydrogen) atoms. The lowest BCUT2D eigenvalue weighted by Gasteiger charge is -2.34. The lowest BCUT2D eigenvalue weighted by atomic mass is 9.74. The molecular weight excluding hydrogens is 340 g/mol. The van der Waals surface area contributed by atoms with Crippen molar-refractivity contribution >= 4 is 11.9 Å². The predicted molar refractivity (Wildman–Crippen MR) is 109 cm³/mol. The van der Waals surface area contributed by atoms with E-state index in [1.165, 1.54) is 0 Å². The minimum atomic E-state index is -0.384. The Kier molecular flexibility index (Phi) is 8.37. The second-order valence-corrected chi connectivity index (χ2v) is 11.2.